The first-order chi connectivity index (χ1) is 5.22. The predicted molar refractivity (Wildman–Crippen MR) is 42.0 cm³/mol. The first kappa shape index (κ1) is 8.21. The Balaban J connectivity index is 2.77. The average Bonchev–Trinajstić information content (AvgIpc) is 2.05. The largest absolute Gasteiger partial charge is 0.364 e. The van der Waals surface area contributed by atoms with Gasteiger partial charge in [0.15, 0.2) is 0 Å². The minimum Gasteiger partial charge on any atom is -0.364 e. The molecule has 1 rings (SSSR count). The molecule has 0 radical (unpaired) electrons. The Kier molecular flexibility index (Phi) is 2.60. The second-order valence-corrected chi connectivity index (χ2v) is 2.57. The summed E-state index contributed by atoms with van der Waals surface area (Å²) in [7, 11) is 0. The van der Waals surface area contributed by atoms with E-state index >= 15 is 0 Å². The SMILES string of the molecule is CC(c1ccccc1)C(O)F. The first-order valence-corrected chi connectivity index (χ1v) is 3.59. The van der Waals surface area contributed by atoms with Crippen LogP contribution in [0.4, 0.5) is 4.39 Å². The zero-order valence-corrected chi connectivity index (χ0v) is 6.37. The number of hydrogen-bond donors (Lipinski definition) is 1. The van der Waals surface area contributed by atoms with E-state index in [9.17, 15) is 4.39 Å². The summed E-state index contributed by atoms with van der Waals surface area (Å²) in [4.78, 5) is 0. The van der Waals surface area contributed by atoms with E-state index in [1.807, 2.05) is 18.2 Å². The van der Waals surface area contributed by atoms with Gasteiger partial charge in [-0.05, 0) is 5.56 Å². The fraction of sp³-hybridized carbons (Fsp3) is 0.333. The molecule has 0 aromatic heterocycles. The van der Waals surface area contributed by atoms with Crippen LogP contribution in [-0.4, -0.2) is 11.5 Å². The second-order valence-electron chi connectivity index (χ2n) is 2.57. The Hall–Kier alpha value is -0.890. The molecule has 0 aliphatic rings. The van der Waals surface area contributed by atoms with Gasteiger partial charge in [0.05, 0.1) is 0 Å². The Morgan fingerprint density at radius 3 is 2.27 bits per heavy atom. The van der Waals surface area contributed by atoms with Crippen molar-refractivity contribution >= 4 is 0 Å². The molecule has 0 bridgehead atoms. The standard InChI is InChI=1S/C9H11FO/c1-7(9(10)11)8-5-3-2-4-6-8/h2-7,9,11H,1H3. The van der Waals surface area contributed by atoms with Crippen molar-refractivity contribution in [2.24, 2.45) is 0 Å². The summed E-state index contributed by atoms with van der Waals surface area (Å²) in [6.45, 7) is 1.65. The van der Waals surface area contributed by atoms with E-state index in [1.54, 1.807) is 19.1 Å². The number of alkyl halides is 1. The molecule has 0 saturated carbocycles. The van der Waals surface area contributed by atoms with Crippen LogP contribution in [0.15, 0.2) is 30.3 Å². The zero-order chi connectivity index (χ0) is 8.27. The minimum absolute atomic E-state index is 0.434. The van der Waals surface area contributed by atoms with Crippen molar-refractivity contribution in [2.75, 3.05) is 0 Å². The monoisotopic (exact) mass is 154 g/mol. The van der Waals surface area contributed by atoms with Crippen molar-refractivity contribution in [3.05, 3.63) is 35.9 Å². The van der Waals surface area contributed by atoms with E-state index < -0.39 is 12.3 Å². The van der Waals surface area contributed by atoms with Crippen molar-refractivity contribution in [3.63, 3.8) is 0 Å². The molecule has 11 heavy (non-hydrogen) atoms. The van der Waals surface area contributed by atoms with Gasteiger partial charge in [-0.15, -0.1) is 0 Å². The third-order valence-electron chi connectivity index (χ3n) is 1.74. The van der Waals surface area contributed by atoms with Crippen molar-refractivity contribution in [1.82, 2.24) is 0 Å². The Morgan fingerprint density at radius 2 is 1.82 bits per heavy atom. The highest BCUT2D eigenvalue weighted by Crippen LogP contribution is 2.18. The van der Waals surface area contributed by atoms with E-state index in [-0.39, 0.29) is 0 Å². The van der Waals surface area contributed by atoms with Crippen LogP contribution in [0.25, 0.3) is 0 Å². The van der Waals surface area contributed by atoms with Crippen molar-refractivity contribution in [2.45, 2.75) is 19.2 Å². The summed E-state index contributed by atoms with van der Waals surface area (Å²) in [5.41, 5.74) is 0.822. The zero-order valence-electron chi connectivity index (χ0n) is 6.37. The average molecular weight is 154 g/mol. The number of hydrogen-bond acceptors (Lipinski definition) is 1. The summed E-state index contributed by atoms with van der Waals surface area (Å²) in [6, 6.07) is 9.12. The van der Waals surface area contributed by atoms with Gasteiger partial charge in [0, 0.05) is 5.92 Å². The van der Waals surface area contributed by atoms with Crippen LogP contribution >= 0.6 is 0 Å². The Morgan fingerprint density at radius 1 is 1.27 bits per heavy atom. The summed E-state index contributed by atoms with van der Waals surface area (Å²) in [6.07, 6.45) is -1.77. The normalized spacial score (nSPS) is 15.9. The third-order valence-corrected chi connectivity index (χ3v) is 1.74. The Bertz CT molecular complexity index is 208. The fourth-order valence-electron chi connectivity index (χ4n) is 0.915. The molecule has 1 N–H and O–H groups in total. The topological polar surface area (TPSA) is 20.2 Å². The van der Waals surface area contributed by atoms with Gasteiger partial charge in [0.25, 0.3) is 0 Å². The van der Waals surface area contributed by atoms with Crippen LogP contribution < -0.4 is 0 Å². The van der Waals surface area contributed by atoms with Crippen LogP contribution in [0.5, 0.6) is 0 Å². The molecule has 1 aromatic carbocycles. The van der Waals surface area contributed by atoms with E-state index in [4.69, 9.17) is 5.11 Å². The number of aliphatic hydroxyl groups is 1. The molecular weight excluding hydrogens is 143 g/mol. The molecule has 2 unspecified atom stereocenters. The lowest BCUT2D eigenvalue weighted by Crippen LogP contribution is -2.08. The maximum absolute atomic E-state index is 12.3. The molecule has 1 nitrogen and oxygen atoms in total. The Labute approximate surface area is 65.5 Å². The van der Waals surface area contributed by atoms with Crippen LogP contribution in [0, 0.1) is 0 Å². The predicted octanol–water partition coefficient (Wildman–Crippen LogP) is 2.08. The lowest BCUT2D eigenvalue weighted by molar-refractivity contribution is 0.0216. The molecule has 0 aliphatic heterocycles. The van der Waals surface area contributed by atoms with Crippen molar-refractivity contribution in [1.29, 1.82) is 0 Å². The van der Waals surface area contributed by atoms with Crippen LogP contribution in [0.2, 0.25) is 0 Å². The summed E-state index contributed by atoms with van der Waals surface area (Å²) in [5.74, 6) is -0.434. The molecule has 0 spiro atoms. The molecule has 0 saturated heterocycles. The summed E-state index contributed by atoms with van der Waals surface area (Å²) < 4.78 is 12.3. The summed E-state index contributed by atoms with van der Waals surface area (Å²) in [5, 5.41) is 8.61. The number of aliphatic hydroxyl groups excluding tert-OH is 1. The van der Waals surface area contributed by atoms with Gasteiger partial charge in [-0.1, -0.05) is 37.3 Å². The molecule has 0 fully saturated rings. The van der Waals surface area contributed by atoms with Gasteiger partial charge in [-0.25, -0.2) is 4.39 Å². The maximum atomic E-state index is 12.3. The molecule has 2 heteroatoms. The highest BCUT2D eigenvalue weighted by Gasteiger charge is 2.13. The lowest BCUT2D eigenvalue weighted by Gasteiger charge is -2.10. The molecule has 0 heterocycles. The fourth-order valence-corrected chi connectivity index (χ4v) is 0.915. The quantitative estimate of drug-likeness (QED) is 0.691. The number of rotatable bonds is 2. The highest BCUT2D eigenvalue weighted by atomic mass is 19.1. The first-order valence-electron chi connectivity index (χ1n) is 3.59. The van der Waals surface area contributed by atoms with Crippen LogP contribution in [-0.2, 0) is 0 Å². The smallest absolute Gasteiger partial charge is 0.202 e. The van der Waals surface area contributed by atoms with Crippen molar-refractivity contribution in [3.8, 4) is 0 Å². The van der Waals surface area contributed by atoms with Gasteiger partial charge >= 0.3 is 0 Å². The molecule has 2 atom stereocenters. The number of halogens is 1. The van der Waals surface area contributed by atoms with E-state index in [2.05, 4.69) is 0 Å². The molecule has 1 aromatic rings. The maximum Gasteiger partial charge on any atom is 0.202 e. The molecule has 0 aliphatic carbocycles. The van der Waals surface area contributed by atoms with Gasteiger partial charge in [0.2, 0.25) is 6.36 Å². The molecule has 60 valence electrons. The summed E-state index contributed by atoms with van der Waals surface area (Å²) >= 11 is 0. The van der Waals surface area contributed by atoms with E-state index in [0.717, 1.165) is 5.56 Å². The van der Waals surface area contributed by atoms with Gasteiger partial charge in [0.1, 0.15) is 0 Å². The van der Waals surface area contributed by atoms with Gasteiger partial charge in [-0.2, -0.15) is 0 Å². The van der Waals surface area contributed by atoms with E-state index in [1.165, 1.54) is 0 Å². The number of benzene rings is 1. The van der Waals surface area contributed by atoms with Gasteiger partial charge < -0.3 is 5.11 Å². The van der Waals surface area contributed by atoms with Crippen LogP contribution in [0.3, 0.4) is 0 Å². The molecule has 0 amide bonds. The second kappa shape index (κ2) is 3.49. The molecular formula is C9H11FO. The van der Waals surface area contributed by atoms with Gasteiger partial charge in [-0.3, -0.25) is 0 Å². The highest BCUT2D eigenvalue weighted by molar-refractivity contribution is 5.18. The van der Waals surface area contributed by atoms with E-state index in [0.29, 0.717) is 0 Å². The third kappa shape index (κ3) is 2.02. The minimum atomic E-state index is -1.77. The lowest BCUT2D eigenvalue weighted by atomic mass is 10.0. The van der Waals surface area contributed by atoms with Crippen molar-refractivity contribution < 1.29 is 9.50 Å². The van der Waals surface area contributed by atoms with Crippen LogP contribution in [0.1, 0.15) is 18.4 Å².